The van der Waals surface area contributed by atoms with E-state index in [-0.39, 0.29) is 103 Å². The van der Waals surface area contributed by atoms with Crippen LogP contribution in [0, 0.1) is 0 Å². The van der Waals surface area contributed by atoms with E-state index in [1.165, 1.54) is 12.2 Å². The number of aliphatic carboxylic acids is 1. The predicted molar refractivity (Wildman–Crippen MR) is 357 cm³/mol. The smallest absolute Gasteiger partial charge is 0.326 e. The van der Waals surface area contributed by atoms with Crippen molar-refractivity contribution in [3.05, 3.63) is 192 Å². The number of rotatable bonds is 42. The summed E-state index contributed by atoms with van der Waals surface area (Å²) in [6.07, 6.45) is 3.03. The van der Waals surface area contributed by atoms with E-state index in [0.717, 1.165) is 4.90 Å². The third kappa shape index (κ3) is 28.0. The molecule has 0 saturated carbocycles. The summed E-state index contributed by atoms with van der Waals surface area (Å²) in [5.74, 6) is -7.67. The van der Waals surface area contributed by atoms with E-state index in [4.69, 9.17) is 4.55 Å². The Balaban J connectivity index is 1.12. The molecule has 0 fully saturated rings. The molecule has 1 aliphatic rings. The fourth-order valence-corrected chi connectivity index (χ4v) is 11.0. The van der Waals surface area contributed by atoms with Crippen molar-refractivity contribution in [2.24, 2.45) is 0 Å². The number of imide groups is 1. The Labute approximate surface area is 559 Å². The molecule has 25 nitrogen and oxygen atoms in total. The Morgan fingerprint density at radius 2 is 0.781 bits per heavy atom. The van der Waals surface area contributed by atoms with Gasteiger partial charge in [-0.2, -0.15) is 8.42 Å². The molecule has 5 aromatic carbocycles. The van der Waals surface area contributed by atoms with Gasteiger partial charge in [-0.1, -0.05) is 152 Å². The van der Waals surface area contributed by atoms with Crippen LogP contribution in [-0.2, 0) is 95.0 Å². The summed E-state index contributed by atoms with van der Waals surface area (Å²) in [6, 6.07) is 36.2. The van der Waals surface area contributed by atoms with Gasteiger partial charge in [0.15, 0.2) is 0 Å². The summed E-state index contributed by atoms with van der Waals surface area (Å²) < 4.78 is 31.5. The molecule has 0 radical (unpaired) electrons. The lowest BCUT2D eigenvalue weighted by Crippen LogP contribution is -2.60. The fraction of sp³-hybridized carbons (Fsp3) is 0.386. The zero-order valence-electron chi connectivity index (χ0n) is 53.7. The number of likely N-dealkylation sites (N-methyl/N-ethyl adjacent to an activating group) is 1. The maximum absolute atomic E-state index is 14.9. The Hall–Kier alpha value is -9.92. The minimum atomic E-state index is -4.15. The number of hydrogen-bond acceptors (Lipinski definition) is 14. The molecule has 26 heteroatoms. The average molecular weight is 1340 g/mol. The van der Waals surface area contributed by atoms with Crippen LogP contribution in [-0.4, -0.2) is 175 Å². The lowest BCUT2D eigenvalue weighted by Gasteiger charge is -2.27. The number of carboxylic acids is 1. The molecule has 96 heavy (non-hydrogen) atoms. The third-order valence-electron chi connectivity index (χ3n) is 15.7. The SMILES string of the molecule is CN(CCCS(=O)(=O)O)CCNC(=O)C(CCCCNC(=O)CCCN1C(=O)C=CC1=O)NC(=O)CCCC(=O)NC(Cc1ccccc1)C(=O)NC(Cc1ccccc1)C(=O)NC(Cc1ccccc1)C(=O)NC(Cc1ccccc1)C(=O)NC(Cc1ccccc1)C(=O)O. The van der Waals surface area contributed by atoms with Crippen molar-refractivity contribution in [2.75, 3.05) is 45.5 Å². The topological polar surface area (TPSA) is 365 Å². The van der Waals surface area contributed by atoms with Gasteiger partial charge in [-0.3, -0.25) is 57.4 Å². The lowest BCUT2D eigenvalue weighted by atomic mass is 10.00. The maximum Gasteiger partial charge on any atom is 0.326 e. The molecule has 5 aromatic rings. The summed E-state index contributed by atoms with van der Waals surface area (Å²) in [7, 11) is -2.44. The van der Waals surface area contributed by atoms with Crippen LogP contribution in [0.2, 0.25) is 0 Å². The number of unbranched alkanes of at least 4 members (excludes halogenated alkanes) is 1. The highest BCUT2D eigenvalue weighted by molar-refractivity contribution is 7.85. The molecule has 0 bridgehead atoms. The van der Waals surface area contributed by atoms with Gasteiger partial charge < -0.3 is 52.5 Å². The Morgan fingerprint density at radius 3 is 1.18 bits per heavy atom. The van der Waals surface area contributed by atoms with Crippen molar-refractivity contribution in [3.63, 3.8) is 0 Å². The molecule has 1 heterocycles. The molecule has 0 aliphatic carbocycles. The van der Waals surface area contributed by atoms with E-state index in [1.807, 2.05) is 0 Å². The minimum absolute atomic E-state index is 0.0196. The van der Waals surface area contributed by atoms with E-state index < -0.39 is 111 Å². The Bertz CT molecular complexity index is 3520. The standard InChI is InChI=1S/C70H86N10O15S/c1-79(40-21-43-96(93,94)95)42-39-72-65(86)54(32-17-18-38-71-60(81)35-20-41-80-63(84)36-37-64(80)85)73-61(82)33-19-34-62(83)74-55(44-49-22-7-2-8-23-49)66(87)75-56(45-50-24-9-3-10-25-50)67(88)76-57(46-51-26-11-4-12-27-51)68(89)77-58(47-52-28-13-5-14-29-52)69(90)78-59(70(91)92)48-53-30-15-6-16-31-53/h2-16,22-31,36-37,54-59H,17-21,32-35,38-48H2,1H3,(H,71,81)(H,72,86)(H,73,82)(H,74,83)(H,75,87)(H,76,88)(H,77,89)(H,78,90)(H,91,92)(H,93,94,95). The van der Waals surface area contributed by atoms with Crippen LogP contribution < -0.4 is 42.5 Å². The number of carbonyl (C=O) groups is 11. The molecule has 10 amide bonds. The van der Waals surface area contributed by atoms with Gasteiger partial charge in [0.2, 0.25) is 47.3 Å². The first-order valence-corrected chi connectivity index (χ1v) is 33.6. The van der Waals surface area contributed by atoms with Gasteiger partial charge in [0.25, 0.3) is 21.9 Å². The first kappa shape index (κ1) is 75.1. The number of amides is 10. The van der Waals surface area contributed by atoms with Crippen molar-refractivity contribution < 1.29 is 70.8 Å². The second-order valence-corrected chi connectivity index (χ2v) is 25.0. The number of hydrogen-bond donors (Lipinski definition) is 10. The molecule has 6 rings (SSSR count). The van der Waals surface area contributed by atoms with Gasteiger partial charge in [-0.25, -0.2) is 4.79 Å². The van der Waals surface area contributed by atoms with Crippen LogP contribution in [0.4, 0.5) is 0 Å². The number of carboxylic acid groups (broad SMARTS) is 1. The highest BCUT2D eigenvalue weighted by atomic mass is 32.2. The lowest BCUT2D eigenvalue weighted by molar-refractivity contribution is -0.142. The number of benzene rings is 5. The molecule has 0 aromatic heterocycles. The molecular weight excluding hydrogens is 1250 g/mol. The number of nitrogens with zero attached hydrogens (tertiary/aromatic N) is 2. The Kier molecular flexibility index (Phi) is 31.1. The van der Waals surface area contributed by atoms with Crippen molar-refractivity contribution in [2.45, 2.75) is 126 Å². The van der Waals surface area contributed by atoms with Gasteiger partial charge in [0.05, 0.1) is 5.75 Å². The Morgan fingerprint density at radius 1 is 0.417 bits per heavy atom. The van der Waals surface area contributed by atoms with E-state index >= 15 is 0 Å². The molecule has 0 spiro atoms. The molecule has 1 aliphatic heterocycles. The van der Waals surface area contributed by atoms with Crippen molar-refractivity contribution in [3.8, 4) is 0 Å². The summed E-state index contributed by atoms with van der Waals surface area (Å²) in [4.78, 5) is 151. The summed E-state index contributed by atoms with van der Waals surface area (Å²) in [5, 5.41) is 32.4. The molecule has 10 N–H and O–H groups in total. The maximum atomic E-state index is 14.9. The van der Waals surface area contributed by atoms with E-state index in [2.05, 4.69) is 42.5 Å². The molecule has 6 unspecified atom stereocenters. The van der Waals surface area contributed by atoms with Crippen LogP contribution in [0.25, 0.3) is 0 Å². The highest BCUT2D eigenvalue weighted by Crippen LogP contribution is 2.14. The second kappa shape index (κ2) is 39.7. The van der Waals surface area contributed by atoms with E-state index in [0.29, 0.717) is 53.7 Å². The van der Waals surface area contributed by atoms with Crippen LogP contribution in [0.15, 0.2) is 164 Å². The molecule has 512 valence electrons. The van der Waals surface area contributed by atoms with Crippen molar-refractivity contribution in [1.82, 2.24) is 52.3 Å². The van der Waals surface area contributed by atoms with Crippen molar-refractivity contribution >= 4 is 75.2 Å². The zero-order valence-corrected chi connectivity index (χ0v) is 54.5. The first-order valence-electron chi connectivity index (χ1n) is 32.0. The van der Waals surface area contributed by atoms with Gasteiger partial charge >= 0.3 is 5.97 Å². The van der Waals surface area contributed by atoms with Gasteiger partial charge in [-0.05, 0) is 79.9 Å². The summed E-state index contributed by atoms with van der Waals surface area (Å²) in [6.45, 7) is 1.07. The monoisotopic (exact) mass is 1340 g/mol. The molecule has 0 saturated heterocycles. The van der Waals surface area contributed by atoms with E-state index in [1.54, 1.807) is 164 Å². The van der Waals surface area contributed by atoms with Crippen LogP contribution in [0.1, 0.15) is 85.6 Å². The van der Waals surface area contributed by atoms with Gasteiger partial charge in [0.1, 0.15) is 36.3 Å². The van der Waals surface area contributed by atoms with E-state index in [9.17, 15) is 66.3 Å². The van der Waals surface area contributed by atoms with Crippen LogP contribution in [0.5, 0.6) is 0 Å². The average Bonchev–Trinajstić information content (AvgIpc) is 1.05. The number of carbonyl (C=O) groups excluding carboxylic acids is 10. The largest absolute Gasteiger partial charge is 0.480 e. The number of nitrogens with one attached hydrogen (secondary N) is 8. The second-order valence-electron chi connectivity index (χ2n) is 23.5. The quantitative estimate of drug-likeness (QED) is 0.0153. The van der Waals surface area contributed by atoms with Crippen LogP contribution >= 0.6 is 0 Å². The van der Waals surface area contributed by atoms with Crippen LogP contribution in [0.3, 0.4) is 0 Å². The fourth-order valence-electron chi connectivity index (χ4n) is 10.5. The molecule has 6 atom stereocenters. The van der Waals surface area contributed by atoms with Gasteiger partial charge in [-0.15, -0.1) is 0 Å². The molecular formula is C70H86N10O15S. The van der Waals surface area contributed by atoms with Crippen molar-refractivity contribution in [1.29, 1.82) is 0 Å². The highest BCUT2D eigenvalue weighted by Gasteiger charge is 2.34. The predicted octanol–water partition coefficient (Wildman–Crippen LogP) is 2.68. The minimum Gasteiger partial charge on any atom is -0.480 e. The zero-order chi connectivity index (χ0) is 69.2. The summed E-state index contributed by atoms with van der Waals surface area (Å²) in [5.41, 5.74) is 3.23. The third-order valence-corrected chi connectivity index (χ3v) is 16.5. The summed E-state index contributed by atoms with van der Waals surface area (Å²) >= 11 is 0. The van der Waals surface area contributed by atoms with Gasteiger partial charge in [0, 0.05) is 89.7 Å². The normalized spacial score (nSPS) is 13.8. The first-order chi connectivity index (χ1) is 46.1.